The second-order valence-corrected chi connectivity index (χ2v) is 7.74. The zero-order valence-corrected chi connectivity index (χ0v) is 17.2. The lowest BCUT2D eigenvalue weighted by molar-refractivity contribution is -0.133. The maximum absolute atomic E-state index is 12.4. The summed E-state index contributed by atoms with van der Waals surface area (Å²) in [5, 5.41) is 5.37. The van der Waals surface area contributed by atoms with E-state index in [1.54, 1.807) is 6.07 Å². The summed E-state index contributed by atoms with van der Waals surface area (Å²) >= 11 is 1.53. The summed E-state index contributed by atoms with van der Waals surface area (Å²) in [7, 11) is 0. The molecule has 0 aromatic heterocycles. The number of hydrogen-bond acceptors (Lipinski definition) is 3. The summed E-state index contributed by atoms with van der Waals surface area (Å²) in [6.45, 7) is 2.16. The third kappa shape index (κ3) is 6.22. The molecule has 2 amide bonds. The maximum atomic E-state index is 12.4. The molecule has 3 aromatic carbocycles. The van der Waals surface area contributed by atoms with Crippen molar-refractivity contribution >= 4 is 35.0 Å². The Morgan fingerprint density at radius 1 is 0.793 bits per heavy atom. The molecule has 3 rings (SSSR count). The Kier molecular flexibility index (Phi) is 7.47. The minimum absolute atomic E-state index is 0.608. The number of carbonyl (C=O) groups is 2. The van der Waals surface area contributed by atoms with Gasteiger partial charge in [0.1, 0.15) is 0 Å². The molecule has 0 saturated carbocycles. The van der Waals surface area contributed by atoms with Gasteiger partial charge in [0.05, 0.1) is 5.69 Å². The standard InChI is InChI=1S/C24H24N2O2S/c1-2-3-9-18-14-16-19(17-15-18)25-23(27)24(28)26-21-12-7-8-13-22(21)29-20-10-5-4-6-11-20/h4-8,10-17H,2-3,9H2,1H3,(H,25,27)(H,26,28). The largest absolute Gasteiger partial charge is 0.318 e. The van der Waals surface area contributed by atoms with Gasteiger partial charge in [-0.1, -0.05) is 67.6 Å². The van der Waals surface area contributed by atoms with Gasteiger partial charge >= 0.3 is 11.8 Å². The number of para-hydroxylation sites is 1. The number of benzene rings is 3. The average Bonchev–Trinajstić information content (AvgIpc) is 2.75. The molecule has 2 N–H and O–H groups in total. The van der Waals surface area contributed by atoms with E-state index in [0.717, 1.165) is 29.1 Å². The highest BCUT2D eigenvalue weighted by atomic mass is 32.2. The molecule has 148 valence electrons. The number of unbranched alkanes of at least 4 members (excludes halogenated alkanes) is 1. The molecule has 0 saturated heterocycles. The molecule has 5 heteroatoms. The monoisotopic (exact) mass is 404 g/mol. The van der Waals surface area contributed by atoms with E-state index in [2.05, 4.69) is 17.6 Å². The van der Waals surface area contributed by atoms with Gasteiger partial charge in [-0.25, -0.2) is 0 Å². The number of amides is 2. The van der Waals surface area contributed by atoms with Gasteiger partial charge in [0.25, 0.3) is 0 Å². The topological polar surface area (TPSA) is 58.2 Å². The second kappa shape index (κ2) is 10.5. The first kappa shape index (κ1) is 20.7. The molecule has 0 fully saturated rings. The average molecular weight is 405 g/mol. The zero-order valence-electron chi connectivity index (χ0n) is 16.4. The molecule has 0 aliphatic carbocycles. The highest BCUT2D eigenvalue weighted by Crippen LogP contribution is 2.33. The smallest absolute Gasteiger partial charge is 0.314 e. The quantitative estimate of drug-likeness (QED) is 0.492. The van der Waals surface area contributed by atoms with E-state index < -0.39 is 11.8 Å². The predicted molar refractivity (Wildman–Crippen MR) is 119 cm³/mol. The summed E-state index contributed by atoms with van der Waals surface area (Å²) in [6, 6.07) is 24.9. The van der Waals surface area contributed by atoms with Crippen molar-refractivity contribution in [3.63, 3.8) is 0 Å². The van der Waals surface area contributed by atoms with E-state index in [9.17, 15) is 9.59 Å². The fourth-order valence-electron chi connectivity index (χ4n) is 2.78. The first-order chi connectivity index (χ1) is 14.2. The first-order valence-corrected chi connectivity index (χ1v) is 10.5. The van der Waals surface area contributed by atoms with Gasteiger partial charge in [-0.05, 0) is 54.8 Å². The summed E-state index contributed by atoms with van der Waals surface area (Å²) in [6.07, 6.45) is 3.29. The normalized spacial score (nSPS) is 10.4. The zero-order chi connectivity index (χ0) is 20.5. The van der Waals surface area contributed by atoms with Crippen LogP contribution in [0.1, 0.15) is 25.3 Å². The Morgan fingerprint density at radius 3 is 2.17 bits per heavy atom. The van der Waals surface area contributed by atoms with E-state index in [0.29, 0.717) is 11.4 Å². The molecule has 0 atom stereocenters. The first-order valence-electron chi connectivity index (χ1n) is 9.69. The third-order valence-electron chi connectivity index (χ3n) is 4.34. The molecule has 0 aliphatic rings. The van der Waals surface area contributed by atoms with Crippen molar-refractivity contribution in [1.29, 1.82) is 0 Å². The Balaban J connectivity index is 1.62. The van der Waals surface area contributed by atoms with Crippen LogP contribution < -0.4 is 10.6 Å². The molecule has 0 heterocycles. The molecule has 0 radical (unpaired) electrons. The van der Waals surface area contributed by atoms with E-state index in [1.807, 2.05) is 72.8 Å². The lowest BCUT2D eigenvalue weighted by Crippen LogP contribution is -2.29. The van der Waals surface area contributed by atoms with Crippen molar-refractivity contribution in [2.45, 2.75) is 36.0 Å². The summed E-state index contributed by atoms with van der Waals surface area (Å²) in [5.41, 5.74) is 2.44. The van der Waals surface area contributed by atoms with Gasteiger partial charge < -0.3 is 10.6 Å². The van der Waals surface area contributed by atoms with Crippen LogP contribution in [0.4, 0.5) is 11.4 Å². The molecule has 3 aromatic rings. The van der Waals surface area contributed by atoms with Crippen LogP contribution in [0, 0.1) is 0 Å². The van der Waals surface area contributed by atoms with Crippen LogP contribution >= 0.6 is 11.8 Å². The maximum Gasteiger partial charge on any atom is 0.314 e. The summed E-state index contributed by atoms with van der Waals surface area (Å²) < 4.78 is 0. The van der Waals surface area contributed by atoms with Crippen LogP contribution in [0.5, 0.6) is 0 Å². The van der Waals surface area contributed by atoms with Crippen molar-refractivity contribution in [1.82, 2.24) is 0 Å². The van der Waals surface area contributed by atoms with Crippen LogP contribution in [-0.2, 0) is 16.0 Å². The van der Waals surface area contributed by atoms with Crippen molar-refractivity contribution < 1.29 is 9.59 Å². The van der Waals surface area contributed by atoms with Crippen LogP contribution in [0.2, 0.25) is 0 Å². The number of hydrogen-bond donors (Lipinski definition) is 2. The number of carbonyl (C=O) groups excluding carboxylic acids is 2. The Labute approximate surface area is 175 Å². The van der Waals surface area contributed by atoms with Crippen LogP contribution in [0.3, 0.4) is 0 Å². The lowest BCUT2D eigenvalue weighted by atomic mass is 10.1. The van der Waals surface area contributed by atoms with Gasteiger partial charge in [0.2, 0.25) is 0 Å². The van der Waals surface area contributed by atoms with Crippen LogP contribution in [0.25, 0.3) is 0 Å². The van der Waals surface area contributed by atoms with E-state index >= 15 is 0 Å². The molecular formula is C24H24N2O2S. The Bertz CT molecular complexity index is 956. The highest BCUT2D eigenvalue weighted by Gasteiger charge is 2.16. The van der Waals surface area contributed by atoms with Crippen LogP contribution in [-0.4, -0.2) is 11.8 Å². The molecular weight excluding hydrogens is 380 g/mol. The number of nitrogens with one attached hydrogen (secondary N) is 2. The molecule has 4 nitrogen and oxygen atoms in total. The number of anilines is 2. The van der Waals surface area contributed by atoms with E-state index in [1.165, 1.54) is 17.3 Å². The van der Waals surface area contributed by atoms with E-state index in [4.69, 9.17) is 0 Å². The number of rotatable bonds is 7. The van der Waals surface area contributed by atoms with Gasteiger partial charge in [0.15, 0.2) is 0 Å². The molecule has 0 spiro atoms. The highest BCUT2D eigenvalue weighted by molar-refractivity contribution is 7.99. The third-order valence-corrected chi connectivity index (χ3v) is 5.43. The van der Waals surface area contributed by atoms with Gasteiger partial charge in [-0.15, -0.1) is 0 Å². The predicted octanol–water partition coefficient (Wildman–Crippen LogP) is 5.76. The SMILES string of the molecule is CCCCc1ccc(NC(=O)C(=O)Nc2ccccc2Sc2ccccc2)cc1. The summed E-state index contributed by atoms with van der Waals surface area (Å²) in [5.74, 6) is -1.38. The van der Waals surface area contributed by atoms with Crippen molar-refractivity contribution in [2.24, 2.45) is 0 Å². The van der Waals surface area contributed by atoms with Crippen molar-refractivity contribution in [3.05, 3.63) is 84.4 Å². The van der Waals surface area contributed by atoms with Crippen molar-refractivity contribution in [2.75, 3.05) is 10.6 Å². The number of aryl methyl sites for hydroxylation is 1. The minimum atomic E-state index is -0.693. The minimum Gasteiger partial charge on any atom is -0.318 e. The van der Waals surface area contributed by atoms with Crippen molar-refractivity contribution in [3.8, 4) is 0 Å². The molecule has 0 unspecified atom stereocenters. The lowest BCUT2D eigenvalue weighted by Gasteiger charge is -2.11. The fraction of sp³-hybridized carbons (Fsp3) is 0.167. The fourth-order valence-corrected chi connectivity index (χ4v) is 3.70. The van der Waals surface area contributed by atoms with Gasteiger partial charge in [-0.3, -0.25) is 9.59 Å². The second-order valence-electron chi connectivity index (χ2n) is 6.62. The van der Waals surface area contributed by atoms with E-state index in [-0.39, 0.29) is 0 Å². The molecule has 0 bridgehead atoms. The summed E-state index contributed by atoms with van der Waals surface area (Å²) in [4.78, 5) is 26.6. The Morgan fingerprint density at radius 2 is 1.45 bits per heavy atom. The van der Waals surface area contributed by atoms with Gasteiger partial charge in [-0.2, -0.15) is 0 Å². The Hall–Kier alpha value is -3.05. The molecule has 29 heavy (non-hydrogen) atoms. The molecule has 0 aliphatic heterocycles. The van der Waals surface area contributed by atoms with Crippen LogP contribution in [0.15, 0.2) is 88.7 Å². The van der Waals surface area contributed by atoms with Gasteiger partial charge in [0, 0.05) is 15.5 Å².